The Labute approximate surface area is 132 Å². The molecule has 2 nitrogen and oxygen atoms in total. The summed E-state index contributed by atoms with van der Waals surface area (Å²) in [5.41, 5.74) is 1.51. The lowest BCUT2D eigenvalue weighted by atomic mass is 10.0. The first-order chi connectivity index (χ1) is 10.7. The Morgan fingerprint density at radius 1 is 0.864 bits per heavy atom. The summed E-state index contributed by atoms with van der Waals surface area (Å²) in [7, 11) is 0. The van der Waals surface area contributed by atoms with E-state index in [1.165, 1.54) is 0 Å². The molecule has 0 spiro atoms. The fourth-order valence-corrected chi connectivity index (χ4v) is 2.99. The van der Waals surface area contributed by atoms with E-state index in [1.807, 2.05) is 66.7 Å². The molecular weight excluding hydrogens is 294 g/mol. The van der Waals surface area contributed by atoms with Crippen molar-refractivity contribution in [1.82, 2.24) is 4.57 Å². The zero-order valence-corrected chi connectivity index (χ0v) is 12.4. The van der Waals surface area contributed by atoms with Crippen LogP contribution in [-0.2, 0) is 0 Å². The summed E-state index contributed by atoms with van der Waals surface area (Å²) in [5, 5.41) is 3.64. The molecule has 0 aliphatic carbocycles. The Hall–Kier alpha value is -2.58. The third kappa shape index (κ3) is 2.00. The second-order valence-electron chi connectivity index (χ2n) is 5.22. The van der Waals surface area contributed by atoms with E-state index in [0.717, 1.165) is 21.7 Å². The van der Waals surface area contributed by atoms with Gasteiger partial charge >= 0.3 is 0 Å². The number of hydrogen-bond acceptors (Lipinski definition) is 1. The molecule has 1 heterocycles. The molecule has 0 aliphatic rings. The highest BCUT2D eigenvalue weighted by atomic mass is 35.5. The molecule has 4 rings (SSSR count). The van der Waals surface area contributed by atoms with Crippen molar-refractivity contribution in [3.63, 3.8) is 0 Å². The smallest absolute Gasteiger partial charge is 0.262 e. The Kier molecular flexibility index (Phi) is 2.98. The average molecular weight is 306 g/mol. The number of benzene rings is 3. The van der Waals surface area contributed by atoms with E-state index < -0.39 is 0 Å². The van der Waals surface area contributed by atoms with Crippen molar-refractivity contribution < 1.29 is 4.79 Å². The minimum Gasteiger partial charge on any atom is -0.283 e. The SMILES string of the molecule is O=C(c1cccc2ccccc12)n1ccc2ccc(Cl)cc21. The molecule has 0 unspecified atom stereocenters. The van der Waals surface area contributed by atoms with Crippen LogP contribution in [0.15, 0.2) is 72.9 Å². The van der Waals surface area contributed by atoms with Crippen LogP contribution in [0.4, 0.5) is 0 Å². The minimum atomic E-state index is -0.0472. The maximum Gasteiger partial charge on any atom is 0.262 e. The quantitative estimate of drug-likeness (QED) is 0.477. The topological polar surface area (TPSA) is 22.0 Å². The Morgan fingerprint density at radius 2 is 1.68 bits per heavy atom. The summed E-state index contributed by atoms with van der Waals surface area (Å²) < 4.78 is 1.66. The molecule has 0 amide bonds. The number of halogens is 1. The molecule has 0 bridgehead atoms. The molecule has 3 aromatic carbocycles. The molecule has 3 heteroatoms. The van der Waals surface area contributed by atoms with Gasteiger partial charge in [0.2, 0.25) is 0 Å². The number of carbonyl (C=O) groups is 1. The van der Waals surface area contributed by atoms with Gasteiger partial charge in [-0.05, 0) is 35.0 Å². The van der Waals surface area contributed by atoms with Gasteiger partial charge in [0.25, 0.3) is 5.91 Å². The Balaban J connectivity index is 1.94. The maximum atomic E-state index is 13.0. The largest absolute Gasteiger partial charge is 0.283 e. The number of nitrogens with zero attached hydrogens (tertiary/aromatic N) is 1. The lowest BCUT2D eigenvalue weighted by Gasteiger charge is -2.08. The van der Waals surface area contributed by atoms with Gasteiger partial charge in [0.15, 0.2) is 0 Å². The van der Waals surface area contributed by atoms with E-state index in [9.17, 15) is 4.79 Å². The third-order valence-corrected chi connectivity index (χ3v) is 4.13. The fourth-order valence-electron chi connectivity index (χ4n) is 2.82. The predicted molar refractivity (Wildman–Crippen MR) is 90.6 cm³/mol. The monoisotopic (exact) mass is 305 g/mol. The van der Waals surface area contributed by atoms with Crippen LogP contribution in [-0.4, -0.2) is 10.5 Å². The van der Waals surface area contributed by atoms with Gasteiger partial charge in [-0.1, -0.05) is 54.1 Å². The number of rotatable bonds is 1. The van der Waals surface area contributed by atoms with Gasteiger partial charge in [0.1, 0.15) is 0 Å². The molecule has 0 saturated carbocycles. The highest BCUT2D eigenvalue weighted by Gasteiger charge is 2.14. The molecule has 0 aliphatic heterocycles. The van der Waals surface area contributed by atoms with Crippen molar-refractivity contribution >= 4 is 39.2 Å². The first kappa shape index (κ1) is 13.1. The molecule has 106 valence electrons. The van der Waals surface area contributed by atoms with Crippen molar-refractivity contribution in [1.29, 1.82) is 0 Å². The maximum absolute atomic E-state index is 13.0. The van der Waals surface area contributed by atoms with Crippen LogP contribution in [0.5, 0.6) is 0 Å². The summed E-state index contributed by atoms with van der Waals surface area (Å²) >= 11 is 6.07. The number of hydrogen-bond donors (Lipinski definition) is 0. The Morgan fingerprint density at radius 3 is 2.59 bits per heavy atom. The summed E-state index contributed by atoms with van der Waals surface area (Å²) in [6.07, 6.45) is 1.80. The van der Waals surface area contributed by atoms with E-state index in [1.54, 1.807) is 10.8 Å². The number of fused-ring (bicyclic) bond motifs is 2. The summed E-state index contributed by atoms with van der Waals surface area (Å²) in [5.74, 6) is -0.0472. The van der Waals surface area contributed by atoms with Crippen LogP contribution < -0.4 is 0 Å². The van der Waals surface area contributed by atoms with E-state index in [0.29, 0.717) is 10.6 Å². The molecule has 0 radical (unpaired) electrons. The zero-order valence-electron chi connectivity index (χ0n) is 11.7. The molecular formula is C19H12ClNO. The normalized spacial score (nSPS) is 11.1. The standard InChI is InChI=1S/C19H12ClNO/c20-15-9-8-14-10-11-21(18(14)12-15)19(22)17-7-3-5-13-4-1-2-6-16(13)17/h1-12H. The van der Waals surface area contributed by atoms with Crippen LogP contribution in [0.3, 0.4) is 0 Å². The van der Waals surface area contributed by atoms with Crippen molar-refractivity contribution in [2.24, 2.45) is 0 Å². The van der Waals surface area contributed by atoms with Gasteiger partial charge in [-0.25, -0.2) is 0 Å². The molecule has 1 aromatic heterocycles. The van der Waals surface area contributed by atoms with E-state index >= 15 is 0 Å². The highest BCUT2D eigenvalue weighted by molar-refractivity contribution is 6.31. The van der Waals surface area contributed by atoms with E-state index in [2.05, 4.69) is 0 Å². The summed E-state index contributed by atoms with van der Waals surface area (Å²) in [6, 6.07) is 21.2. The van der Waals surface area contributed by atoms with Gasteiger partial charge in [0.05, 0.1) is 5.52 Å². The third-order valence-electron chi connectivity index (χ3n) is 3.89. The molecule has 0 saturated heterocycles. The van der Waals surface area contributed by atoms with Gasteiger partial charge in [-0.15, -0.1) is 0 Å². The van der Waals surface area contributed by atoms with Gasteiger partial charge < -0.3 is 0 Å². The molecule has 4 aromatic rings. The van der Waals surface area contributed by atoms with E-state index in [-0.39, 0.29) is 5.91 Å². The number of aromatic nitrogens is 1. The lowest BCUT2D eigenvalue weighted by Crippen LogP contribution is -2.11. The predicted octanol–water partition coefficient (Wildman–Crippen LogP) is 5.14. The molecule has 22 heavy (non-hydrogen) atoms. The first-order valence-electron chi connectivity index (χ1n) is 7.03. The zero-order chi connectivity index (χ0) is 15.1. The van der Waals surface area contributed by atoms with Crippen LogP contribution in [0.25, 0.3) is 21.7 Å². The molecule has 0 atom stereocenters. The number of carbonyl (C=O) groups excluding carboxylic acids is 1. The Bertz CT molecular complexity index is 1010. The van der Waals surface area contributed by atoms with Gasteiger partial charge in [-0.2, -0.15) is 0 Å². The van der Waals surface area contributed by atoms with Crippen molar-refractivity contribution in [3.8, 4) is 0 Å². The van der Waals surface area contributed by atoms with Crippen LogP contribution in [0.2, 0.25) is 5.02 Å². The average Bonchev–Trinajstić information content (AvgIpc) is 2.96. The lowest BCUT2D eigenvalue weighted by molar-refractivity contribution is 0.0966. The second kappa shape index (κ2) is 5.00. The molecule has 0 fully saturated rings. The van der Waals surface area contributed by atoms with Gasteiger partial charge in [-0.3, -0.25) is 9.36 Å². The highest BCUT2D eigenvalue weighted by Crippen LogP contribution is 2.24. The van der Waals surface area contributed by atoms with Crippen LogP contribution >= 0.6 is 11.6 Å². The fraction of sp³-hybridized carbons (Fsp3) is 0. The van der Waals surface area contributed by atoms with Crippen molar-refractivity contribution in [2.75, 3.05) is 0 Å². The second-order valence-corrected chi connectivity index (χ2v) is 5.66. The minimum absolute atomic E-state index is 0.0472. The van der Waals surface area contributed by atoms with Crippen molar-refractivity contribution in [2.45, 2.75) is 0 Å². The molecule has 0 N–H and O–H groups in total. The van der Waals surface area contributed by atoms with E-state index in [4.69, 9.17) is 11.6 Å². The summed E-state index contributed by atoms with van der Waals surface area (Å²) in [4.78, 5) is 13.0. The first-order valence-corrected chi connectivity index (χ1v) is 7.41. The van der Waals surface area contributed by atoms with Gasteiger partial charge in [0, 0.05) is 22.2 Å². The van der Waals surface area contributed by atoms with Crippen molar-refractivity contribution in [3.05, 3.63) is 83.5 Å². The van der Waals surface area contributed by atoms with Crippen LogP contribution in [0.1, 0.15) is 10.4 Å². The van der Waals surface area contributed by atoms with Crippen LogP contribution in [0, 0.1) is 0 Å². The summed E-state index contributed by atoms with van der Waals surface area (Å²) in [6.45, 7) is 0.